The van der Waals surface area contributed by atoms with E-state index in [2.05, 4.69) is 10.4 Å². The fourth-order valence-electron chi connectivity index (χ4n) is 3.91. The third-order valence-electron chi connectivity index (χ3n) is 5.32. The Balaban J connectivity index is 1.40. The van der Waals surface area contributed by atoms with Gasteiger partial charge in [0.1, 0.15) is 11.5 Å². The minimum Gasteiger partial charge on any atom is -0.457 e. The van der Waals surface area contributed by atoms with Crippen LogP contribution in [-0.4, -0.2) is 37.0 Å². The second-order valence-corrected chi connectivity index (χ2v) is 7.18. The summed E-state index contributed by atoms with van der Waals surface area (Å²) in [6.07, 6.45) is 5.14. The second kappa shape index (κ2) is 8.55. The number of hydrogen-bond acceptors (Lipinski definition) is 4. The molecule has 1 amide bonds. The summed E-state index contributed by atoms with van der Waals surface area (Å²) in [6, 6.07) is 15.4. The van der Waals surface area contributed by atoms with Crippen molar-refractivity contribution in [3.8, 4) is 11.5 Å². The van der Waals surface area contributed by atoms with Crippen LogP contribution in [0.4, 0.5) is 0 Å². The van der Waals surface area contributed by atoms with Crippen LogP contribution in [-0.2, 0) is 9.63 Å². The lowest BCUT2D eigenvalue weighted by molar-refractivity contribution is -0.134. The Kier molecular flexibility index (Phi) is 5.70. The highest BCUT2D eigenvalue weighted by atomic mass is 16.7. The number of likely N-dealkylation sites (tertiary alicyclic amines) is 1. The number of amides is 1. The Labute approximate surface area is 160 Å². The van der Waals surface area contributed by atoms with E-state index in [1.807, 2.05) is 48.5 Å². The number of carbonyl (C=O) groups excluding carboxylic acids is 1. The zero-order valence-electron chi connectivity index (χ0n) is 15.5. The van der Waals surface area contributed by atoms with Crippen LogP contribution in [0.15, 0.2) is 48.5 Å². The Morgan fingerprint density at radius 2 is 1.56 bits per heavy atom. The molecule has 0 saturated carbocycles. The van der Waals surface area contributed by atoms with Crippen LogP contribution in [0, 0.1) is 0 Å². The van der Waals surface area contributed by atoms with Crippen LogP contribution >= 0.6 is 0 Å². The zero-order chi connectivity index (χ0) is 18.5. The SMILES string of the molecule is O=C(NOCCN1CCCCCC1)C1c2ccccc2Oc2ccccc21. The quantitative estimate of drug-likeness (QED) is 0.645. The maximum atomic E-state index is 12.9. The molecular weight excluding hydrogens is 340 g/mol. The maximum absolute atomic E-state index is 12.9. The minimum absolute atomic E-state index is 0.158. The summed E-state index contributed by atoms with van der Waals surface area (Å²) in [6.45, 7) is 3.59. The summed E-state index contributed by atoms with van der Waals surface area (Å²) in [4.78, 5) is 20.9. The predicted molar refractivity (Wildman–Crippen MR) is 104 cm³/mol. The molecule has 2 aliphatic heterocycles. The van der Waals surface area contributed by atoms with Crippen LogP contribution < -0.4 is 10.2 Å². The van der Waals surface area contributed by atoms with Crippen LogP contribution in [0.1, 0.15) is 42.7 Å². The number of ether oxygens (including phenoxy) is 1. The third kappa shape index (κ3) is 4.15. The molecule has 0 aromatic heterocycles. The first kappa shape index (κ1) is 18.0. The van der Waals surface area contributed by atoms with Gasteiger partial charge in [-0.3, -0.25) is 9.63 Å². The van der Waals surface area contributed by atoms with Gasteiger partial charge in [0.2, 0.25) is 0 Å². The standard InChI is InChI=1S/C22H26N2O3/c25-22(23-26-16-15-24-13-7-1-2-8-14-24)21-17-9-3-5-11-19(17)27-20-12-6-4-10-18(20)21/h3-6,9-12,21H,1-2,7-8,13-16H2,(H,23,25). The highest BCUT2D eigenvalue weighted by Gasteiger charge is 2.32. The number of hydroxylamine groups is 1. The Bertz CT molecular complexity index is 739. The van der Waals surface area contributed by atoms with Gasteiger partial charge in [-0.25, -0.2) is 5.48 Å². The van der Waals surface area contributed by atoms with E-state index in [1.165, 1.54) is 25.7 Å². The number of carbonyl (C=O) groups is 1. The van der Waals surface area contributed by atoms with Gasteiger partial charge in [-0.2, -0.15) is 0 Å². The zero-order valence-corrected chi connectivity index (χ0v) is 15.5. The smallest absolute Gasteiger partial charge is 0.255 e. The number of rotatable bonds is 5. The van der Waals surface area contributed by atoms with Gasteiger partial charge in [0.15, 0.2) is 0 Å². The van der Waals surface area contributed by atoms with E-state index in [0.717, 1.165) is 42.3 Å². The molecule has 0 aliphatic carbocycles. The molecule has 1 fully saturated rings. The molecule has 1 saturated heterocycles. The number of nitrogens with one attached hydrogen (secondary N) is 1. The Morgan fingerprint density at radius 3 is 2.19 bits per heavy atom. The van der Waals surface area contributed by atoms with Crippen LogP contribution in [0.2, 0.25) is 0 Å². The van der Waals surface area contributed by atoms with E-state index in [0.29, 0.717) is 6.61 Å². The summed E-state index contributed by atoms with van der Waals surface area (Å²) < 4.78 is 5.95. The highest BCUT2D eigenvalue weighted by molar-refractivity contribution is 5.88. The van der Waals surface area contributed by atoms with Gasteiger partial charge in [-0.1, -0.05) is 49.2 Å². The van der Waals surface area contributed by atoms with E-state index in [4.69, 9.17) is 9.57 Å². The molecule has 0 unspecified atom stereocenters. The first-order chi connectivity index (χ1) is 13.3. The van der Waals surface area contributed by atoms with Crippen molar-refractivity contribution in [3.05, 3.63) is 59.7 Å². The van der Waals surface area contributed by atoms with Gasteiger partial charge in [0.25, 0.3) is 5.91 Å². The lowest BCUT2D eigenvalue weighted by Gasteiger charge is -2.27. The first-order valence-corrected chi connectivity index (χ1v) is 9.82. The van der Waals surface area contributed by atoms with E-state index in [-0.39, 0.29) is 5.91 Å². The van der Waals surface area contributed by atoms with Gasteiger partial charge in [-0.15, -0.1) is 0 Å². The van der Waals surface area contributed by atoms with Crippen molar-refractivity contribution in [1.82, 2.24) is 10.4 Å². The summed E-state index contributed by atoms with van der Waals surface area (Å²) >= 11 is 0. The predicted octanol–water partition coefficient (Wildman–Crippen LogP) is 3.85. The van der Waals surface area contributed by atoms with Gasteiger partial charge in [0.05, 0.1) is 12.5 Å². The molecule has 27 heavy (non-hydrogen) atoms. The van der Waals surface area contributed by atoms with Crippen LogP contribution in [0.5, 0.6) is 11.5 Å². The van der Waals surface area contributed by atoms with Crippen LogP contribution in [0.3, 0.4) is 0 Å². The molecular formula is C22H26N2O3. The molecule has 0 radical (unpaired) electrons. The largest absolute Gasteiger partial charge is 0.457 e. The molecule has 2 aliphatic rings. The second-order valence-electron chi connectivity index (χ2n) is 7.18. The highest BCUT2D eigenvalue weighted by Crippen LogP contribution is 2.43. The maximum Gasteiger partial charge on any atom is 0.255 e. The molecule has 142 valence electrons. The minimum atomic E-state index is -0.427. The summed E-state index contributed by atoms with van der Waals surface area (Å²) in [5.41, 5.74) is 4.40. The van der Waals surface area contributed by atoms with E-state index in [1.54, 1.807) is 0 Å². The van der Waals surface area contributed by atoms with Crippen molar-refractivity contribution in [2.45, 2.75) is 31.6 Å². The molecule has 2 aromatic rings. The van der Waals surface area contributed by atoms with Gasteiger partial charge in [0, 0.05) is 17.7 Å². The monoisotopic (exact) mass is 366 g/mol. The van der Waals surface area contributed by atoms with E-state index >= 15 is 0 Å². The van der Waals surface area contributed by atoms with Crippen molar-refractivity contribution in [2.75, 3.05) is 26.2 Å². The fourth-order valence-corrected chi connectivity index (χ4v) is 3.91. The number of hydrogen-bond donors (Lipinski definition) is 1. The molecule has 5 nitrogen and oxygen atoms in total. The molecule has 0 bridgehead atoms. The number of nitrogens with zero attached hydrogens (tertiary/aromatic N) is 1. The average molecular weight is 366 g/mol. The topological polar surface area (TPSA) is 50.8 Å². The molecule has 0 spiro atoms. The molecule has 2 aromatic carbocycles. The van der Waals surface area contributed by atoms with E-state index < -0.39 is 5.92 Å². The molecule has 1 N–H and O–H groups in total. The average Bonchev–Trinajstić information content (AvgIpc) is 2.98. The normalized spacial score (nSPS) is 17.3. The van der Waals surface area contributed by atoms with Crippen molar-refractivity contribution in [2.24, 2.45) is 0 Å². The van der Waals surface area contributed by atoms with Crippen molar-refractivity contribution in [1.29, 1.82) is 0 Å². The summed E-state index contributed by atoms with van der Waals surface area (Å²) in [5, 5.41) is 0. The Morgan fingerprint density at radius 1 is 0.963 bits per heavy atom. The molecule has 4 rings (SSSR count). The van der Waals surface area contributed by atoms with Gasteiger partial charge < -0.3 is 9.64 Å². The van der Waals surface area contributed by atoms with Crippen molar-refractivity contribution in [3.63, 3.8) is 0 Å². The summed E-state index contributed by atoms with van der Waals surface area (Å²) in [7, 11) is 0. The van der Waals surface area contributed by atoms with Gasteiger partial charge >= 0.3 is 0 Å². The van der Waals surface area contributed by atoms with E-state index in [9.17, 15) is 4.79 Å². The molecule has 2 heterocycles. The lowest BCUT2D eigenvalue weighted by atomic mass is 9.87. The summed E-state index contributed by atoms with van der Waals surface area (Å²) in [5.74, 6) is 0.861. The van der Waals surface area contributed by atoms with Crippen LogP contribution in [0.25, 0.3) is 0 Å². The van der Waals surface area contributed by atoms with Gasteiger partial charge in [-0.05, 0) is 38.1 Å². The Hall–Kier alpha value is -2.37. The van der Waals surface area contributed by atoms with Crippen molar-refractivity contribution >= 4 is 5.91 Å². The number of benzene rings is 2. The molecule has 0 atom stereocenters. The molecule has 5 heteroatoms. The lowest BCUT2D eigenvalue weighted by Crippen LogP contribution is -2.35. The number of para-hydroxylation sites is 2. The third-order valence-corrected chi connectivity index (χ3v) is 5.32. The fraction of sp³-hybridized carbons (Fsp3) is 0.409. The number of fused-ring (bicyclic) bond motifs is 2. The first-order valence-electron chi connectivity index (χ1n) is 9.82. The van der Waals surface area contributed by atoms with Crippen molar-refractivity contribution < 1.29 is 14.4 Å².